The van der Waals surface area contributed by atoms with E-state index in [1.165, 1.54) is 0 Å². The Bertz CT molecular complexity index is 371. The zero-order valence-electron chi connectivity index (χ0n) is 14.0. The number of carbonyl (C=O) groups is 3. The average Bonchev–Trinajstić information content (AvgIpc) is 1.95. The van der Waals surface area contributed by atoms with E-state index in [1.807, 2.05) is 0 Å². The summed E-state index contributed by atoms with van der Waals surface area (Å²) in [5.41, 5.74) is -2.74. The van der Waals surface area contributed by atoms with Gasteiger partial charge in [0.05, 0.1) is 12.8 Å². The predicted molar refractivity (Wildman–Crippen MR) is 93.8 cm³/mol. The van der Waals surface area contributed by atoms with E-state index in [1.54, 1.807) is 0 Å². The lowest BCUT2D eigenvalue weighted by Gasteiger charge is -2.18. The molecule has 0 radical (unpaired) electrons. The van der Waals surface area contributed by atoms with Crippen molar-refractivity contribution in [3.8, 4) is 0 Å². The highest BCUT2D eigenvalue weighted by Gasteiger charge is 2.40. The maximum Gasteiger partial charge on any atom is 0.466 e. The number of halogens is 1. The van der Waals surface area contributed by atoms with Gasteiger partial charge in [-0.25, -0.2) is 9.36 Å². The van der Waals surface area contributed by atoms with Gasteiger partial charge in [-0.3, -0.25) is 9.59 Å². The summed E-state index contributed by atoms with van der Waals surface area (Å²) in [6.07, 6.45) is -2.29. The molecule has 0 amide bonds. The maximum atomic E-state index is 10.3. The van der Waals surface area contributed by atoms with Crippen molar-refractivity contribution >= 4 is 38.1 Å². The van der Waals surface area contributed by atoms with Crippen LogP contribution in [0, 0.1) is 0 Å². The molecule has 0 aliphatic carbocycles. The number of aliphatic hydroxyl groups is 1. The van der Waals surface area contributed by atoms with Gasteiger partial charge in [-0.1, -0.05) is 0 Å². The summed E-state index contributed by atoms with van der Waals surface area (Å²) in [5.74, 6) is -5.02. The summed E-state index contributed by atoms with van der Waals surface area (Å²) in [6, 6.07) is 0. The third-order valence-corrected chi connectivity index (χ3v) is 1.29. The second-order valence-corrected chi connectivity index (χ2v) is 4.02. The SMILES string of the molecule is Cl.N.N.N.N.N.N.N.O=C(O)CC(O)(CC(=O)O)C(=O)O.O=P(O)(O)O. The van der Waals surface area contributed by atoms with Crippen molar-refractivity contribution in [1.29, 1.82) is 0 Å². The first-order chi connectivity index (χ1) is 7.78. The van der Waals surface area contributed by atoms with Crippen LogP contribution >= 0.6 is 20.2 Å². The normalized spacial score (nSPS) is 7.69. The van der Waals surface area contributed by atoms with Crippen molar-refractivity contribution in [2.24, 2.45) is 0 Å². The highest BCUT2D eigenvalue weighted by molar-refractivity contribution is 7.45. The van der Waals surface area contributed by atoms with Gasteiger partial charge in [0, 0.05) is 0 Å². The Hall–Kier alpha value is -1.51. The molecule has 0 aromatic heterocycles. The van der Waals surface area contributed by atoms with Crippen LogP contribution in [0.3, 0.4) is 0 Å². The summed E-state index contributed by atoms with van der Waals surface area (Å²) in [7, 11) is -4.64. The molecule has 0 spiro atoms. The molecule has 0 rings (SSSR count). The molecule has 0 atom stereocenters. The van der Waals surface area contributed by atoms with E-state index in [2.05, 4.69) is 0 Å². The second-order valence-electron chi connectivity index (χ2n) is 2.99. The second kappa shape index (κ2) is 25.7. The highest BCUT2D eigenvalue weighted by atomic mass is 35.5. The number of carboxylic acids is 3. The molecule has 0 aromatic carbocycles. The largest absolute Gasteiger partial charge is 0.481 e. The minimum absolute atomic E-state index is 0. The van der Waals surface area contributed by atoms with Gasteiger partial charge >= 0.3 is 25.7 Å². The molecule has 0 unspecified atom stereocenters. The maximum absolute atomic E-state index is 10.3. The molecule has 0 heterocycles. The Morgan fingerprint density at radius 2 is 0.846 bits per heavy atom. The smallest absolute Gasteiger partial charge is 0.466 e. The lowest BCUT2D eigenvalue weighted by atomic mass is 9.96. The fourth-order valence-electron chi connectivity index (χ4n) is 0.714. The number of hydrogen-bond donors (Lipinski definition) is 14. The van der Waals surface area contributed by atoms with Crippen LogP contribution in [0.15, 0.2) is 0 Å². The van der Waals surface area contributed by atoms with Gasteiger partial charge in [0.25, 0.3) is 0 Å². The number of aliphatic carboxylic acids is 3. The van der Waals surface area contributed by atoms with Crippen LogP contribution in [0.5, 0.6) is 0 Å². The molecule has 26 heavy (non-hydrogen) atoms. The van der Waals surface area contributed by atoms with Gasteiger partial charge in [-0.05, 0) is 0 Å². The van der Waals surface area contributed by atoms with Crippen LogP contribution in [-0.4, -0.2) is 58.6 Å². The molecule has 28 N–H and O–H groups in total. The Morgan fingerprint density at radius 1 is 0.692 bits per heavy atom. The van der Waals surface area contributed by atoms with E-state index in [4.69, 9.17) is 39.7 Å². The molecule has 0 aliphatic heterocycles. The predicted octanol–water partition coefficient (Wildman–Crippen LogP) is -0.621. The highest BCUT2D eigenvalue weighted by Crippen LogP contribution is 2.25. The molecule has 0 aliphatic rings. The first-order valence-electron chi connectivity index (χ1n) is 3.95. The summed E-state index contributed by atoms with van der Waals surface area (Å²) in [4.78, 5) is 52.0. The van der Waals surface area contributed by atoms with Gasteiger partial charge in [0.15, 0.2) is 5.60 Å². The van der Waals surface area contributed by atoms with Crippen molar-refractivity contribution in [3.05, 3.63) is 0 Å². The van der Waals surface area contributed by atoms with Crippen LogP contribution < -0.4 is 43.1 Å². The molecule has 170 valence electrons. The van der Waals surface area contributed by atoms with Crippen molar-refractivity contribution < 1.29 is 54.1 Å². The van der Waals surface area contributed by atoms with Gasteiger partial charge in [0.2, 0.25) is 0 Å². The lowest BCUT2D eigenvalue weighted by molar-refractivity contribution is -0.170. The van der Waals surface area contributed by atoms with Crippen molar-refractivity contribution in [2.45, 2.75) is 18.4 Å². The Kier molecular flexibility index (Phi) is 63.7. The van der Waals surface area contributed by atoms with Crippen LogP contribution in [0.2, 0.25) is 0 Å². The van der Waals surface area contributed by atoms with E-state index in [0.29, 0.717) is 0 Å². The quantitative estimate of drug-likeness (QED) is 0.234. The summed E-state index contributed by atoms with van der Waals surface area (Å²) in [5, 5.41) is 33.8. The first kappa shape index (κ1) is 64.4. The third-order valence-electron chi connectivity index (χ3n) is 1.29. The molecule has 0 fully saturated rings. The van der Waals surface area contributed by atoms with E-state index in [0.717, 1.165) is 0 Å². The van der Waals surface area contributed by atoms with E-state index in [9.17, 15) is 14.4 Å². The van der Waals surface area contributed by atoms with Gasteiger partial charge in [-0.15, -0.1) is 12.4 Å². The fraction of sp³-hybridized carbons (Fsp3) is 0.500. The van der Waals surface area contributed by atoms with Crippen molar-refractivity contribution in [2.75, 3.05) is 0 Å². The molecule has 0 bridgehead atoms. The van der Waals surface area contributed by atoms with Gasteiger partial charge in [0.1, 0.15) is 0 Å². The topological polar surface area (TPSA) is 455 Å². The zero-order valence-corrected chi connectivity index (χ0v) is 15.7. The van der Waals surface area contributed by atoms with Crippen LogP contribution in [0.25, 0.3) is 0 Å². The van der Waals surface area contributed by atoms with E-state index in [-0.39, 0.29) is 55.5 Å². The van der Waals surface area contributed by atoms with E-state index < -0.39 is 44.2 Å². The van der Waals surface area contributed by atoms with Gasteiger partial charge in [-0.2, -0.15) is 0 Å². The number of hydrogen-bond acceptors (Lipinski definition) is 12. The minimum Gasteiger partial charge on any atom is -0.481 e. The third kappa shape index (κ3) is 49.5. The van der Waals surface area contributed by atoms with Crippen molar-refractivity contribution in [1.82, 2.24) is 43.1 Å². The summed E-state index contributed by atoms with van der Waals surface area (Å²) < 4.78 is 8.88. The number of rotatable bonds is 5. The van der Waals surface area contributed by atoms with Crippen LogP contribution in [0.4, 0.5) is 0 Å². The van der Waals surface area contributed by atoms with E-state index >= 15 is 0 Å². The Balaban J connectivity index is -0.0000000223. The fourth-order valence-corrected chi connectivity index (χ4v) is 0.714. The minimum atomic E-state index is -4.64. The molecule has 0 saturated heterocycles. The molecule has 20 heteroatoms. The molecule has 0 aromatic rings. The van der Waals surface area contributed by atoms with Crippen LogP contribution in [-0.2, 0) is 18.9 Å². The zero-order chi connectivity index (χ0) is 15.1. The monoisotopic (exact) mass is 445 g/mol. The van der Waals surface area contributed by atoms with Crippen LogP contribution in [0.1, 0.15) is 12.8 Å². The summed E-state index contributed by atoms with van der Waals surface area (Å²) in [6.45, 7) is 0. The molecule has 18 nitrogen and oxygen atoms in total. The molecular formula is C6H33ClN7O11P. The number of phosphoric acid groups is 1. The van der Waals surface area contributed by atoms with Crippen molar-refractivity contribution in [3.63, 3.8) is 0 Å². The molecular weight excluding hydrogens is 413 g/mol. The standard InChI is InChI=1S/C6H8O7.ClH.7H3N.H3O4P/c7-3(8)1-6(13,5(11)12)2-4(9)10;;;;;;;;;1-5(2,3)4/h13H,1-2H2,(H,7,8)(H,9,10)(H,11,12);1H;7*1H3;(H3,1,2,3,4). The van der Waals surface area contributed by atoms with Gasteiger partial charge < -0.3 is 78.2 Å². The lowest BCUT2D eigenvalue weighted by Crippen LogP contribution is -2.42. The number of carboxylic acid groups (broad SMARTS) is 3. The Morgan fingerprint density at radius 3 is 0.923 bits per heavy atom. The first-order valence-corrected chi connectivity index (χ1v) is 5.52. The summed E-state index contributed by atoms with van der Waals surface area (Å²) >= 11 is 0. The Labute approximate surface area is 154 Å². The average molecular weight is 446 g/mol. The molecule has 0 saturated carbocycles.